The number of halogens is 3. The number of benzene rings is 1. The number of anilines is 1. The fourth-order valence-electron chi connectivity index (χ4n) is 4.35. The number of primary amides is 1. The highest BCUT2D eigenvalue weighted by atomic mass is 35.5. The standard InChI is InChI=1S/C26H21ClF2N8O5S/c1-3-36-12(2)15(10-31-36)14-9-18(23(28)29)32-26-20(14)21(22(43-26)24(30)38)33-25(39)17-6-7-35(34-17)11-42-19-5-4-13(37(40)41)8-16(19)27/h4-10,23H,3,11H2,1-2H3,(H2,30,38)(H,33,39). The van der Waals surface area contributed by atoms with Gasteiger partial charge in [0, 0.05) is 41.5 Å². The second-order valence-corrected chi connectivity index (χ2v) is 10.5. The number of fused-ring (bicyclic) bond motifs is 1. The molecule has 0 aliphatic heterocycles. The number of carbonyl (C=O) groups is 2. The molecule has 0 aliphatic rings. The number of nitrogens with one attached hydrogen (secondary N) is 1. The van der Waals surface area contributed by atoms with Gasteiger partial charge in [0.2, 0.25) is 0 Å². The second-order valence-electron chi connectivity index (χ2n) is 9.05. The Hall–Kier alpha value is -4.96. The summed E-state index contributed by atoms with van der Waals surface area (Å²) in [6.45, 7) is 4.00. The van der Waals surface area contributed by atoms with E-state index >= 15 is 0 Å². The molecule has 0 aliphatic carbocycles. The van der Waals surface area contributed by atoms with Gasteiger partial charge in [0.05, 0.1) is 21.8 Å². The second kappa shape index (κ2) is 11.7. The molecule has 2 amide bonds. The van der Waals surface area contributed by atoms with Gasteiger partial charge in [0.25, 0.3) is 23.9 Å². The Kier molecular flexibility index (Phi) is 8.06. The van der Waals surface area contributed by atoms with Crippen LogP contribution in [0.1, 0.15) is 44.9 Å². The number of pyridine rings is 1. The van der Waals surface area contributed by atoms with Crippen molar-refractivity contribution in [2.75, 3.05) is 5.32 Å². The summed E-state index contributed by atoms with van der Waals surface area (Å²) in [5, 5.41) is 22.3. The van der Waals surface area contributed by atoms with Crippen LogP contribution in [0.25, 0.3) is 21.3 Å². The highest BCUT2D eigenvalue weighted by Gasteiger charge is 2.27. The average molecular weight is 631 g/mol. The lowest BCUT2D eigenvalue weighted by molar-refractivity contribution is -0.384. The molecule has 222 valence electrons. The maximum atomic E-state index is 13.8. The van der Waals surface area contributed by atoms with Gasteiger partial charge in [0.1, 0.15) is 21.2 Å². The zero-order chi connectivity index (χ0) is 31.0. The third kappa shape index (κ3) is 5.74. The molecular formula is C26H21ClF2N8O5S. The van der Waals surface area contributed by atoms with E-state index in [1.807, 2.05) is 6.92 Å². The molecule has 13 nitrogen and oxygen atoms in total. The molecule has 0 saturated heterocycles. The van der Waals surface area contributed by atoms with Gasteiger partial charge in [-0.2, -0.15) is 10.2 Å². The lowest BCUT2D eigenvalue weighted by Crippen LogP contribution is -2.18. The molecule has 0 fully saturated rings. The number of hydrogen-bond acceptors (Lipinski definition) is 9. The van der Waals surface area contributed by atoms with Crippen molar-refractivity contribution in [2.45, 2.75) is 33.5 Å². The van der Waals surface area contributed by atoms with E-state index in [9.17, 15) is 28.5 Å². The summed E-state index contributed by atoms with van der Waals surface area (Å²) in [7, 11) is 0. The lowest BCUT2D eigenvalue weighted by Gasteiger charge is -2.11. The molecule has 0 bridgehead atoms. The van der Waals surface area contributed by atoms with E-state index in [1.54, 1.807) is 11.6 Å². The van der Waals surface area contributed by atoms with Crippen LogP contribution in [0, 0.1) is 17.0 Å². The van der Waals surface area contributed by atoms with Crippen molar-refractivity contribution < 1.29 is 28.0 Å². The molecule has 0 saturated carbocycles. The maximum absolute atomic E-state index is 13.8. The number of non-ortho nitro benzene ring substituents is 1. The smallest absolute Gasteiger partial charge is 0.280 e. The van der Waals surface area contributed by atoms with Crippen LogP contribution in [-0.4, -0.2) is 41.3 Å². The molecule has 0 spiro atoms. The number of thiophene rings is 1. The van der Waals surface area contributed by atoms with Crippen molar-refractivity contribution in [3.8, 4) is 16.9 Å². The number of aryl methyl sites for hydroxylation is 1. The van der Waals surface area contributed by atoms with Gasteiger partial charge in [-0.25, -0.2) is 18.4 Å². The number of hydrogen-bond donors (Lipinski definition) is 2. The Bertz CT molecular complexity index is 1900. The SMILES string of the molecule is CCn1ncc(-c2cc(C(F)F)nc3sc(C(N)=O)c(NC(=O)c4ccn(COc5ccc([N+](=O)[O-])cc5Cl)n4)c23)c1C. The maximum Gasteiger partial charge on any atom is 0.280 e. The number of nitrogens with two attached hydrogens (primary N) is 1. The number of carbonyl (C=O) groups excluding carboxylic acids is 2. The fraction of sp³-hybridized carbons (Fsp3) is 0.192. The molecular weight excluding hydrogens is 610 g/mol. The molecule has 0 unspecified atom stereocenters. The molecule has 0 atom stereocenters. The lowest BCUT2D eigenvalue weighted by atomic mass is 10.0. The normalized spacial score (nSPS) is 11.3. The number of alkyl halides is 2. The van der Waals surface area contributed by atoms with Gasteiger partial charge in [-0.1, -0.05) is 11.6 Å². The molecule has 4 heterocycles. The number of aromatic nitrogens is 5. The molecule has 0 radical (unpaired) electrons. The van der Waals surface area contributed by atoms with Crippen LogP contribution in [-0.2, 0) is 13.3 Å². The predicted octanol–water partition coefficient (Wildman–Crippen LogP) is 5.57. The summed E-state index contributed by atoms with van der Waals surface area (Å²) in [5.41, 5.74) is 6.35. The topological polar surface area (TPSA) is 173 Å². The van der Waals surface area contributed by atoms with Gasteiger partial charge in [-0.05, 0) is 37.6 Å². The van der Waals surface area contributed by atoms with E-state index in [-0.39, 0.29) is 49.7 Å². The van der Waals surface area contributed by atoms with Crippen LogP contribution in [0.3, 0.4) is 0 Å². The van der Waals surface area contributed by atoms with Crippen molar-refractivity contribution in [1.82, 2.24) is 24.5 Å². The first-order valence-corrected chi connectivity index (χ1v) is 13.7. The quantitative estimate of drug-likeness (QED) is 0.149. The van der Waals surface area contributed by atoms with E-state index in [0.29, 0.717) is 23.4 Å². The molecule has 1 aromatic carbocycles. The third-order valence-electron chi connectivity index (χ3n) is 6.41. The third-order valence-corrected chi connectivity index (χ3v) is 7.81. The highest BCUT2D eigenvalue weighted by molar-refractivity contribution is 7.21. The van der Waals surface area contributed by atoms with Crippen molar-refractivity contribution in [3.63, 3.8) is 0 Å². The zero-order valence-electron chi connectivity index (χ0n) is 22.4. The molecule has 5 aromatic rings. The Labute approximate surface area is 250 Å². The Morgan fingerprint density at radius 2 is 2.02 bits per heavy atom. The van der Waals surface area contributed by atoms with E-state index in [1.165, 1.54) is 41.3 Å². The number of ether oxygens (including phenoxy) is 1. The summed E-state index contributed by atoms with van der Waals surface area (Å²) < 4.78 is 36.1. The monoisotopic (exact) mass is 630 g/mol. The molecule has 43 heavy (non-hydrogen) atoms. The Morgan fingerprint density at radius 3 is 2.65 bits per heavy atom. The summed E-state index contributed by atoms with van der Waals surface area (Å²) in [4.78, 5) is 40.1. The van der Waals surface area contributed by atoms with Crippen molar-refractivity contribution >= 4 is 56.3 Å². The number of nitro benzene ring substituents is 1. The minimum atomic E-state index is -2.89. The van der Waals surface area contributed by atoms with Gasteiger partial charge in [0.15, 0.2) is 12.4 Å². The van der Waals surface area contributed by atoms with Crippen LogP contribution in [0.15, 0.2) is 42.7 Å². The molecule has 3 N–H and O–H groups in total. The zero-order valence-corrected chi connectivity index (χ0v) is 23.9. The Morgan fingerprint density at radius 1 is 1.26 bits per heavy atom. The number of amides is 2. The first-order valence-electron chi connectivity index (χ1n) is 12.5. The van der Waals surface area contributed by atoms with E-state index in [2.05, 4.69) is 20.5 Å². The van der Waals surface area contributed by atoms with Gasteiger partial charge in [-0.3, -0.25) is 24.4 Å². The van der Waals surface area contributed by atoms with E-state index in [4.69, 9.17) is 22.1 Å². The average Bonchev–Trinajstić information content (AvgIpc) is 3.69. The van der Waals surface area contributed by atoms with Crippen LogP contribution in [0.5, 0.6) is 5.75 Å². The van der Waals surface area contributed by atoms with Crippen molar-refractivity contribution in [1.29, 1.82) is 0 Å². The highest BCUT2D eigenvalue weighted by Crippen LogP contribution is 2.43. The van der Waals surface area contributed by atoms with Crippen LogP contribution < -0.4 is 15.8 Å². The fourth-order valence-corrected chi connectivity index (χ4v) is 5.60. The first-order chi connectivity index (χ1) is 20.5. The van der Waals surface area contributed by atoms with E-state index in [0.717, 1.165) is 17.4 Å². The summed E-state index contributed by atoms with van der Waals surface area (Å²) in [6, 6.07) is 6.30. The van der Waals surface area contributed by atoms with Gasteiger partial charge >= 0.3 is 0 Å². The van der Waals surface area contributed by atoms with Gasteiger partial charge in [-0.15, -0.1) is 11.3 Å². The number of nitrogens with zero attached hydrogens (tertiary/aromatic N) is 6. The first kappa shape index (κ1) is 29.5. The number of rotatable bonds is 10. The van der Waals surface area contributed by atoms with Crippen LogP contribution in [0.2, 0.25) is 5.02 Å². The van der Waals surface area contributed by atoms with Crippen molar-refractivity contribution in [3.05, 3.63) is 79.8 Å². The predicted molar refractivity (Wildman–Crippen MR) is 154 cm³/mol. The summed E-state index contributed by atoms with van der Waals surface area (Å²) >= 11 is 6.84. The van der Waals surface area contributed by atoms with Crippen molar-refractivity contribution in [2.24, 2.45) is 5.73 Å². The molecule has 17 heteroatoms. The van der Waals surface area contributed by atoms with Crippen LogP contribution in [0.4, 0.5) is 20.2 Å². The Balaban J connectivity index is 1.48. The largest absolute Gasteiger partial charge is 0.470 e. The van der Waals surface area contributed by atoms with E-state index < -0.39 is 28.9 Å². The number of nitro groups is 1. The summed E-state index contributed by atoms with van der Waals surface area (Å²) in [5.74, 6) is -1.45. The molecule has 4 aromatic heterocycles. The van der Waals surface area contributed by atoms with Crippen LogP contribution >= 0.6 is 22.9 Å². The minimum absolute atomic E-state index is 0.00734. The molecule has 5 rings (SSSR count). The van der Waals surface area contributed by atoms with Gasteiger partial charge < -0.3 is 15.8 Å². The minimum Gasteiger partial charge on any atom is -0.470 e. The summed E-state index contributed by atoms with van der Waals surface area (Å²) in [6.07, 6.45) is 0.0720.